The van der Waals surface area contributed by atoms with E-state index in [0.29, 0.717) is 0 Å². The van der Waals surface area contributed by atoms with Gasteiger partial charge in [-0.25, -0.2) is 0 Å². The second-order valence-corrected chi connectivity index (χ2v) is 8.29. The summed E-state index contributed by atoms with van der Waals surface area (Å²) in [5, 5.41) is 0. The highest BCUT2D eigenvalue weighted by molar-refractivity contribution is 5.94. The van der Waals surface area contributed by atoms with Crippen LogP contribution in [-0.2, 0) is 0 Å². The highest BCUT2D eigenvalue weighted by atomic mass is 16.5. The number of nitrogens with zero attached hydrogens (tertiary/aromatic N) is 2. The summed E-state index contributed by atoms with van der Waals surface area (Å²) in [6.45, 7) is 6.31. The number of amides is 1. The maximum absolute atomic E-state index is 12.5. The van der Waals surface area contributed by atoms with Crippen LogP contribution < -0.4 is 4.74 Å². The van der Waals surface area contributed by atoms with E-state index in [0.717, 1.165) is 68.7 Å². The number of rotatable bonds is 6. The van der Waals surface area contributed by atoms with E-state index < -0.39 is 0 Å². The summed E-state index contributed by atoms with van der Waals surface area (Å²) in [7, 11) is 0. The van der Waals surface area contributed by atoms with E-state index in [4.69, 9.17) is 4.74 Å². The molecule has 0 radical (unpaired) electrons. The van der Waals surface area contributed by atoms with Crippen molar-refractivity contribution in [2.45, 2.75) is 44.9 Å². The van der Waals surface area contributed by atoms with Crippen LogP contribution in [0.5, 0.6) is 5.75 Å². The normalized spacial score (nSPS) is 26.1. The van der Waals surface area contributed by atoms with Gasteiger partial charge in [0.25, 0.3) is 5.91 Å². The summed E-state index contributed by atoms with van der Waals surface area (Å²) in [6.07, 6.45) is 8.92. The van der Waals surface area contributed by atoms with Crippen molar-refractivity contribution in [1.29, 1.82) is 0 Å². The number of ether oxygens (including phenoxy) is 1. The predicted octanol–water partition coefficient (Wildman–Crippen LogP) is 3.81. The van der Waals surface area contributed by atoms with Gasteiger partial charge in [-0.15, -0.1) is 0 Å². The molecule has 4 heteroatoms. The van der Waals surface area contributed by atoms with Gasteiger partial charge in [0.05, 0.1) is 6.61 Å². The molecule has 142 valence electrons. The van der Waals surface area contributed by atoms with Crippen LogP contribution in [0.1, 0.15) is 55.3 Å². The van der Waals surface area contributed by atoms with Gasteiger partial charge < -0.3 is 14.5 Å². The van der Waals surface area contributed by atoms with Crippen LogP contribution in [0.4, 0.5) is 0 Å². The molecule has 1 aliphatic carbocycles. The van der Waals surface area contributed by atoms with Crippen LogP contribution in [0.15, 0.2) is 24.3 Å². The Morgan fingerprint density at radius 1 is 0.962 bits per heavy atom. The van der Waals surface area contributed by atoms with Gasteiger partial charge in [0.1, 0.15) is 5.75 Å². The third-order valence-corrected chi connectivity index (χ3v) is 6.43. The molecule has 2 unspecified atom stereocenters. The second-order valence-electron chi connectivity index (χ2n) is 8.29. The molecule has 1 aromatic rings. The number of carbonyl (C=O) groups excluding carboxylic acids is 1. The zero-order valence-electron chi connectivity index (χ0n) is 15.9. The van der Waals surface area contributed by atoms with Gasteiger partial charge in [-0.2, -0.15) is 0 Å². The molecule has 1 aromatic carbocycles. The van der Waals surface area contributed by atoms with Crippen LogP contribution >= 0.6 is 0 Å². The maximum atomic E-state index is 12.5. The van der Waals surface area contributed by atoms with E-state index in [2.05, 4.69) is 4.90 Å². The average Bonchev–Trinajstić information content (AvgIpc) is 3.28. The van der Waals surface area contributed by atoms with Crippen LogP contribution in [0.2, 0.25) is 0 Å². The van der Waals surface area contributed by atoms with Crippen molar-refractivity contribution in [1.82, 2.24) is 9.80 Å². The summed E-state index contributed by atoms with van der Waals surface area (Å²) >= 11 is 0. The molecule has 0 N–H and O–H groups in total. The molecule has 0 aromatic heterocycles. The summed E-state index contributed by atoms with van der Waals surface area (Å²) in [4.78, 5) is 17.1. The van der Waals surface area contributed by atoms with Crippen molar-refractivity contribution in [2.75, 3.05) is 39.3 Å². The monoisotopic (exact) mass is 356 g/mol. The number of piperidine rings is 1. The minimum absolute atomic E-state index is 0.163. The van der Waals surface area contributed by atoms with E-state index in [9.17, 15) is 4.79 Å². The van der Waals surface area contributed by atoms with E-state index in [1.54, 1.807) is 0 Å². The Morgan fingerprint density at radius 3 is 2.35 bits per heavy atom. The van der Waals surface area contributed by atoms with E-state index in [1.807, 2.05) is 29.2 Å². The number of likely N-dealkylation sites (tertiary alicyclic amines) is 2. The number of hydrogen-bond acceptors (Lipinski definition) is 3. The molecule has 3 fully saturated rings. The molecular weight excluding hydrogens is 324 g/mol. The van der Waals surface area contributed by atoms with Crippen LogP contribution in [0.3, 0.4) is 0 Å². The number of benzene rings is 1. The van der Waals surface area contributed by atoms with Gasteiger partial charge in [0, 0.05) is 38.3 Å². The van der Waals surface area contributed by atoms with Crippen LogP contribution in [-0.4, -0.2) is 55.0 Å². The number of hydrogen-bond donors (Lipinski definition) is 0. The zero-order valence-corrected chi connectivity index (χ0v) is 15.9. The standard InChI is InChI=1S/C22H32N2O2/c25-22(24-13-2-1-3-14-24)18-8-10-21(11-9-18)26-15-5-12-23-16-19-6-4-7-20(19)17-23/h8-11,19-20H,1-7,12-17H2. The Bertz CT molecular complexity index is 583. The van der Waals surface area contributed by atoms with Crippen molar-refractivity contribution in [2.24, 2.45) is 11.8 Å². The Morgan fingerprint density at radius 2 is 1.65 bits per heavy atom. The third-order valence-electron chi connectivity index (χ3n) is 6.43. The third kappa shape index (κ3) is 4.22. The highest BCUT2D eigenvalue weighted by Crippen LogP contribution is 2.37. The zero-order chi connectivity index (χ0) is 17.8. The van der Waals surface area contributed by atoms with Crippen LogP contribution in [0.25, 0.3) is 0 Å². The van der Waals surface area contributed by atoms with Gasteiger partial charge in [-0.1, -0.05) is 6.42 Å². The van der Waals surface area contributed by atoms with Gasteiger partial charge in [0.15, 0.2) is 0 Å². The first kappa shape index (κ1) is 17.8. The maximum Gasteiger partial charge on any atom is 0.253 e. The van der Waals surface area contributed by atoms with Crippen molar-refractivity contribution in [3.05, 3.63) is 29.8 Å². The summed E-state index contributed by atoms with van der Waals surface area (Å²) in [5.41, 5.74) is 0.780. The highest BCUT2D eigenvalue weighted by Gasteiger charge is 2.35. The lowest BCUT2D eigenvalue weighted by Gasteiger charge is -2.26. The second kappa shape index (κ2) is 8.43. The molecule has 0 bridgehead atoms. The Hall–Kier alpha value is -1.55. The molecule has 3 aliphatic rings. The lowest BCUT2D eigenvalue weighted by atomic mass is 10.0. The molecule has 2 aliphatic heterocycles. The molecule has 1 amide bonds. The fourth-order valence-electron chi connectivity index (χ4n) is 4.97. The molecule has 1 saturated carbocycles. The topological polar surface area (TPSA) is 32.8 Å². The first-order valence-electron chi connectivity index (χ1n) is 10.5. The molecule has 2 heterocycles. The fraction of sp³-hybridized carbons (Fsp3) is 0.682. The number of carbonyl (C=O) groups is 1. The Balaban J connectivity index is 1.18. The Labute approximate surface area is 157 Å². The molecule has 4 rings (SSSR count). The van der Waals surface area contributed by atoms with Crippen molar-refractivity contribution in [3.8, 4) is 5.75 Å². The molecule has 2 atom stereocenters. The Kier molecular flexibility index (Phi) is 5.78. The van der Waals surface area contributed by atoms with Crippen molar-refractivity contribution in [3.63, 3.8) is 0 Å². The smallest absolute Gasteiger partial charge is 0.253 e. The van der Waals surface area contributed by atoms with Gasteiger partial charge >= 0.3 is 0 Å². The quantitative estimate of drug-likeness (QED) is 0.727. The van der Waals surface area contributed by atoms with Crippen molar-refractivity contribution >= 4 is 5.91 Å². The minimum atomic E-state index is 0.163. The van der Waals surface area contributed by atoms with Crippen molar-refractivity contribution < 1.29 is 9.53 Å². The summed E-state index contributed by atoms with van der Waals surface area (Å²) in [5.74, 6) is 2.98. The van der Waals surface area contributed by atoms with E-state index in [-0.39, 0.29) is 5.91 Å². The SMILES string of the molecule is O=C(c1ccc(OCCCN2CC3CCCC3C2)cc1)N1CCCCC1. The van der Waals surface area contributed by atoms with Gasteiger partial charge in [-0.05, 0) is 74.6 Å². The summed E-state index contributed by atoms with van der Waals surface area (Å²) in [6, 6.07) is 7.71. The van der Waals surface area contributed by atoms with E-state index in [1.165, 1.54) is 38.8 Å². The number of fused-ring (bicyclic) bond motifs is 1. The predicted molar refractivity (Wildman–Crippen MR) is 104 cm³/mol. The molecule has 4 nitrogen and oxygen atoms in total. The van der Waals surface area contributed by atoms with Crippen LogP contribution in [0, 0.1) is 11.8 Å². The average molecular weight is 357 g/mol. The first-order valence-corrected chi connectivity index (χ1v) is 10.5. The van der Waals surface area contributed by atoms with Gasteiger partial charge in [-0.3, -0.25) is 4.79 Å². The first-order chi connectivity index (χ1) is 12.8. The largest absolute Gasteiger partial charge is 0.494 e. The molecule has 26 heavy (non-hydrogen) atoms. The fourth-order valence-corrected chi connectivity index (χ4v) is 4.97. The molecule has 2 saturated heterocycles. The van der Waals surface area contributed by atoms with Gasteiger partial charge in [0.2, 0.25) is 0 Å². The van der Waals surface area contributed by atoms with E-state index >= 15 is 0 Å². The summed E-state index contributed by atoms with van der Waals surface area (Å²) < 4.78 is 5.89. The minimum Gasteiger partial charge on any atom is -0.494 e. The molecule has 0 spiro atoms. The lowest BCUT2D eigenvalue weighted by Crippen LogP contribution is -2.35. The molecular formula is C22H32N2O2. The lowest BCUT2D eigenvalue weighted by molar-refractivity contribution is 0.0724.